The molecule has 0 aromatic heterocycles. The van der Waals surface area contributed by atoms with Crippen LogP contribution in [0.25, 0.3) is 0 Å². The van der Waals surface area contributed by atoms with E-state index in [1.54, 1.807) is 0 Å². The Labute approximate surface area is 206 Å². The molecule has 0 aliphatic carbocycles. The van der Waals surface area contributed by atoms with E-state index in [4.69, 9.17) is 0 Å². The van der Waals surface area contributed by atoms with Crippen LogP contribution in [0.1, 0.15) is 59.3 Å². The van der Waals surface area contributed by atoms with Crippen LogP contribution in [0.3, 0.4) is 0 Å². The molecule has 0 aromatic carbocycles. The van der Waals surface area contributed by atoms with Gasteiger partial charge in [-0.25, -0.2) is 0 Å². The van der Waals surface area contributed by atoms with Gasteiger partial charge >= 0.3 is 24.4 Å². The first-order chi connectivity index (χ1) is 11.7. The van der Waals surface area contributed by atoms with Crippen LogP contribution in [0.4, 0.5) is 0 Å². The van der Waals surface area contributed by atoms with E-state index < -0.39 is 0 Å². The molecule has 0 aliphatic rings. The first kappa shape index (κ1) is 35.4. The van der Waals surface area contributed by atoms with Gasteiger partial charge in [0.25, 0.3) is 0 Å². The second-order valence-electron chi connectivity index (χ2n) is 5.07. The van der Waals surface area contributed by atoms with Crippen LogP contribution in [0, 0.1) is 0 Å². The van der Waals surface area contributed by atoms with Crippen molar-refractivity contribution >= 4 is 97.6 Å². The molecule has 0 aromatic rings. The van der Waals surface area contributed by atoms with Crippen molar-refractivity contribution in [1.82, 2.24) is 0 Å². The van der Waals surface area contributed by atoms with Crippen LogP contribution in [0.2, 0.25) is 0 Å². The normalized spacial score (nSPS) is 9.36. The van der Waals surface area contributed by atoms with Crippen molar-refractivity contribution < 1.29 is 0 Å². The number of unbranched alkanes of at least 4 members (excludes halogenated alkanes) is 3. The van der Waals surface area contributed by atoms with Crippen LogP contribution in [-0.4, -0.2) is 76.2 Å². The average Bonchev–Trinajstić information content (AvgIpc) is 2.61. The first-order valence-electron chi connectivity index (χ1n) is 9.30. The van der Waals surface area contributed by atoms with E-state index in [1.807, 2.05) is 35.3 Å². The Morgan fingerprint density at radius 1 is 0.480 bits per heavy atom. The van der Waals surface area contributed by atoms with Gasteiger partial charge in [0.1, 0.15) is 0 Å². The summed E-state index contributed by atoms with van der Waals surface area (Å²) in [6.07, 6.45) is 8.04. The molecule has 0 atom stereocenters. The molecule has 25 heavy (non-hydrogen) atoms. The predicted molar refractivity (Wildman–Crippen MR) is 148 cm³/mol. The zero-order chi connectivity index (χ0) is 18.7. The molecule has 0 nitrogen and oxygen atoms in total. The van der Waals surface area contributed by atoms with Crippen LogP contribution in [0.15, 0.2) is 0 Å². The van der Waals surface area contributed by atoms with Crippen LogP contribution in [-0.2, 0) is 0 Å². The van der Waals surface area contributed by atoms with Gasteiger partial charge < -0.3 is 0 Å². The van der Waals surface area contributed by atoms with E-state index in [2.05, 4.69) is 58.7 Å². The fourth-order valence-electron chi connectivity index (χ4n) is 1.24. The van der Waals surface area contributed by atoms with E-state index in [-0.39, 0.29) is 24.4 Å². The van der Waals surface area contributed by atoms with Crippen molar-refractivity contribution in [1.29, 1.82) is 0 Å². The van der Waals surface area contributed by atoms with Gasteiger partial charge in [0.2, 0.25) is 0 Å². The fraction of sp³-hybridized carbons (Fsp3) is 1.00. The van der Waals surface area contributed by atoms with E-state index in [0.717, 1.165) is 17.3 Å². The third-order valence-corrected chi connectivity index (χ3v) is 7.42. The molecule has 0 heterocycles. The molecule has 0 aliphatic heterocycles. The van der Waals surface area contributed by atoms with Gasteiger partial charge in [0.05, 0.1) is 0 Å². The summed E-state index contributed by atoms with van der Waals surface area (Å²) in [5.41, 5.74) is 0. The third kappa shape index (κ3) is 52.1. The first-order valence-corrected chi connectivity index (χ1v) is 14.7. The Morgan fingerprint density at radius 3 is 0.880 bits per heavy atom. The SMILES string of the molecule is CCCCSCCS.CCCCSCCS.CCCCSCCS.[SbH3]. The molecule has 0 radical (unpaired) electrons. The average molecular weight is 576 g/mol. The van der Waals surface area contributed by atoms with Crippen molar-refractivity contribution in [3.8, 4) is 0 Å². The minimum absolute atomic E-state index is 0. The summed E-state index contributed by atoms with van der Waals surface area (Å²) >= 11 is 18.3. The van der Waals surface area contributed by atoms with Crippen molar-refractivity contribution in [2.24, 2.45) is 0 Å². The van der Waals surface area contributed by atoms with Crippen LogP contribution >= 0.6 is 73.2 Å². The Hall–Kier alpha value is 2.92. The molecule has 0 N–H and O–H groups in total. The van der Waals surface area contributed by atoms with Gasteiger partial charge in [-0.2, -0.15) is 73.2 Å². The summed E-state index contributed by atoms with van der Waals surface area (Å²) in [4.78, 5) is 0. The number of hydrogen-bond donors (Lipinski definition) is 3. The zero-order valence-electron chi connectivity index (χ0n) is 16.9. The number of hydrogen-bond acceptors (Lipinski definition) is 6. The second kappa shape index (κ2) is 41.3. The van der Waals surface area contributed by atoms with Gasteiger partial charge in [-0.1, -0.05) is 40.0 Å². The molecule has 0 spiro atoms. The number of thioether (sulfide) groups is 3. The predicted octanol–water partition coefficient (Wildman–Crippen LogP) is 6.16. The van der Waals surface area contributed by atoms with E-state index in [9.17, 15) is 0 Å². The summed E-state index contributed by atoms with van der Waals surface area (Å²) in [6.45, 7) is 6.67. The quantitative estimate of drug-likeness (QED) is 0.122. The second-order valence-corrected chi connectivity index (χ2v) is 10.1. The minimum atomic E-state index is 0. The molecule has 0 amide bonds. The molecular formula is C18H45S6Sb. The summed E-state index contributed by atoms with van der Waals surface area (Å²) in [6, 6.07) is 0. The molecular weight excluding hydrogens is 530 g/mol. The van der Waals surface area contributed by atoms with Crippen molar-refractivity contribution in [2.45, 2.75) is 59.3 Å². The topological polar surface area (TPSA) is 0 Å². The van der Waals surface area contributed by atoms with Gasteiger partial charge in [0.15, 0.2) is 0 Å². The molecule has 0 unspecified atom stereocenters. The molecule has 7 heteroatoms. The summed E-state index contributed by atoms with van der Waals surface area (Å²) in [5.74, 6) is 10.7. The summed E-state index contributed by atoms with van der Waals surface area (Å²) < 4.78 is 0. The van der Waals surface area contributed by atoms with Gasteiger partial charge in [0, 0.05) is 17.3 Å². The van der Waals surface area contributed by atoms with Gasteiger partial charge in [-0.15, -0.1) is 0 Å². The zero-order valence-corrected chi connectivity index (χ0v) is 26.0. The maximum atomic E-state index is 4.10. The van der Waals surface area contributed by atoms with Crippen LogP contribution in [0.5, 0.6) is 0 Å². The Kier molecular flexibility index (Phi) is 58.5. The van der Waals surface area contributed by atoms with Crippen molar-refractivity contribution in [2.75, 3.05) is 51.8 Å². The monoisotopic (exact) mass is 574 g/mol. The molecule has 0 bridgehead atoms. The maximum absolute atomic E-state index is 4.10. The number of rotatable bonds is 15. The standard InChI is InChI=1S/3C6H14S2.Sb.3H/c3*1-2-3-5-8-6-4-7;;;;/h3*7H,2-6H2,1H3;;;;. The molecule has 0 saturated carbocycles. The fourth-order valence-corrected chi connectivity index (χ4v) is 4.88. The Morgan fingerprint density at radius 2 is 0.720 bits per heavy atom. The van der Waals surface area contributed by atoms with Gasteiger partial charge in [-0.05, 0) is 53.8 Å². The van der Waals surface area contributed by atoms with Gasteiger partial charge in [-0.3, -0.25) is 0 Å². The number of thiol groups is 3. The molecule has 158 valence electrons. The molecule has 0 fully saturated rings. The Bertz CT molecular complexity index is 129. The van der Waals surface area contributed by atoms with Crippen molar-refractivity contribution in [3.05, 3.63) is 0 Å². The van der Waals surface area contributed by atoms with E-state index in [1.165, 1.54) is 73.0 Å². The third-order valence-electron chi connectivity index (χ3n) is 2.63. The summed E-state index contributed by atoms with van der Waals surface area (Å²) in [7, 11) is 0. The Balaban J connectivity index is -0.000000130. The van der Waals surface area contributed by atoms with Crippen LogP contribution < -0.4 is 0 Å². The van der Waals surface area contributed by atoms with E-state index >= 15 is 0 Å². The van der Waals surface area contributed by atoms with Crippen molar-refractivity contribution in [3.63, 3.8) is 0 Å². The summed E-state index contributed by atoms with van der Waals surface area (Å²) in [5, 5.41) is 0. The molecule has 0 saturated heterocycles. The molecule has 0 rings (SSSR count). The van der Waals surface area contributed by atoms with E-state index in [0.29, 0.717) is 0 Å².